The van der Waals surface area contributed by atoms with Crippen LogP contribution in [0.15, 0.2) is 12.7 Å². The van der Waals surface area contributed by atoms with Crippen LogP contribution in [-0.2, 0) is 4.79 Å². The molecule has 1 aliphatic heterocycles. The van der Waals surface area contributed by atoms with E-state index in [2.05, 4.69) is 6.58 Å². The van der Waals surface area contributed by atoms with Gasteiger partial charge in [-0.3, -0.25) is 9.69 Å². The number of carbonyl (C=O) groups is 2. The van der Waals surface area contributed by atoms with Crippen molar-refractivity contribution in [3.8, 4) is 0 Å². The fourth-order valence-corrected chi connectivity index (χ4v) is 1.37. The molecule has 3 amide bonds. The topological polar surface area (TPSA) is 40.6 Å². The molecular formula is C9H14N2O2. The molecule has 0 aromatic heterocycles. The summed E-state index contributed by atoms with van der Waals surface area (Å²) in [5.41, 5.74) is 0. The molecule has 0 radical (unpaired) electrons. The van der Waals surface area contributed by atoms with Crippen molar-refractivity contribution in [3.63, 3.8) is 0 Å². The van der Waals surface area contributed by atoms with Gasteiger partial charge in [-0.15, -0.1) is 6.58 Å². The Morgan fingerprint density at radius 2 is 2.15 bits per heavy atom. The Balaban J connectivity index is 2.75. The lowest BCUT2D eigenvalue weighted by molar-refractivity contribution is -0.126. The van der Waals surface area contributed by atoms with Crippen LogP contribution in [0.25, 0.3) is 0 Å². The van der Waals surface area contributed by atoms with Crippen LogP contribution in [0, 0.1) is 0 Å². The maximum atomic E-state index is 11.5. The summed E-state index contributed by atoms with van der Waals surface area (Å²) in [4.78, 5) is 25.6. The van der Waals surface area contributed by atoms with Gasteiger partial charge in [0, 0.05) is 12.6 Å². The third-order valence-corrected chi connectivity index (χ3v) is 1.94. The van der Waals surface area contributed by atoms with E-state index in [0.717, 1.165) is 0 Å². The summed E-state index contributed by atoms with van der Waals surface area (Å²) >= 11 is 0. The van der Waals surface area contributed by atoms with Gasteiger partial charge in [0.25, 0.3) is 5.91 Å². The number of urea groups is 1. The van der Waals surface area contributed by atoms with Crippen molar-refractivity contribution in [3.05, 3.63) is 12.7 Å². The van der Waals surface area contributed by atoms with Crippen molar-refractivity contribution in [1.82, 2.24) is 9.80 Å². The number of rotatable bonds is 3. The van der Waals surface area contributed by atoms with Crippen LogP contribution in [0.4, 0.5) is 4.79 Å². The predicted molar refractivity (Wildman–Crippen MR) is 49.1 cm³/mol. The average molecular weight is 182 g/mol. The lowest BCUT2D eigenvalue weighted by atomic mass is 10.3. The second kappa shape index (κ2) is 3.60. The molecule has 0 saturated carbocycles. The highest BCUT2D eigenvalue weighted by molar-refractivity contribution is 6.02. The van der Waals surface area contributed by atoms with Crippen molar-refractivity contribution in [2.24, 2.45) is 0 Å². The summed E-state index contributed by atoms with van der Waals surface area (Å²) in [7, 11) is 0. The van der Waals surface area contributed by atoms with Gasteiger partial charge in [-0.1, -0.05) is 6.08 Å². The minimum absolute atomic E-state index is 0.0604. The molecule has 0 unspecified atom stereocenters. The van der Waals surface area contributed by atoms with E-state index in [9.17, 15) is 9.59 Å². The molecule has 0 aromatic carbocycles. The number of imide groups is 1. The molecule has 4 nitrogen and oxygen atoms in total. The maximum absolute atomic E-state index is 11.5. The van der Waals surface area contributed by atoms with Gasteiger partial charge in [0.05, 0.1) is 0 Å². The zero-order valence-electron chi connectivity index (χ0n) is 7.99. The van der Waals surface area contributed by atoms with Crippen LogP contribution in [0.5, 0.6) is 0 Å². The van der Waals surface area contributed by atoms with E-state index in [1.807, 2.05) is 13.8 Å². The van der Waals surface area contributed by atoms with E-state index < -0.39 is 0 Å². The lowest BCUT2D eigenvalue weighted by Gasteiger charge is -2.18. The summed E-state index contributed by atoms with van der Waals surface area (Å²) in [5.74, 6) is -0.123. The first-order valence-corrected chi connectivity index (χ1v) is 4.29. The molecule has 1 heterocycles. The molecule has 0 atom stereocenters. The molecule has 13 heavy (non-hydrogen) atoms. The van der Waals surface area contributed by atoms with E-state index in [0.29, 0.717) is 6.54 Å². The molecule has 0 spiro atoms. The highest BCUT2D eigenvalue weighted by Gasteiger charge is 2.36. The van der Waals surface area contributed by atoms with Gasteiger partial charge >= 0.3 is 6.03 Å². The molecular weight excluding hydrogens is 168 g/mol. The van der Waals surface area contributed by atoms with Gasteiger partial charge in [-0.25, -0.2) is 4.79 Å². The number of nitrogens with zero attached hydrogens (tertiary/aromatic N) is 2. The highest BCUT2D eigenvalue weighted by Crippen LogP contribution is 2.13. The normalized spacial score (nSPS) is 17.5. The second-order valence-corrected chi connectivity index (χ2v) is 3.31. The van der Waals surface area contributed by atoms with Crippen molar-refractivity contribution in [2.75, 3.05) is 13.1 Å². The molecule has 0 aromatic rings. The van der Waals surface area contributed by atoms with Crippen LogP contribution in [0.1, 0.15) is 13.8 Å². The third kappa shape index (κ3) is 1.71. The van der Waals surface area contributed by atoms with Crippen LogP contribution < -0.4 is 0 Å². The van der Waals surface area contributed by atoms with Crippen molar-refractivity contribution >= 4 is 11.9 Å². The highest BCUT2D eigenvalue weighted by atomic mass is 16.2. The Hall–Kier alpha value is -1.32. The molecule has 1 saturated heterocycles. The van der Waals surface area contributed by atoms with Gasteiger partial charge in [0.15, 0.2) is 0 Å². The Bertz CT molecular complexity index is 248. The van der Waals surface area contributed by atoms with Gasteiger partial charge in [-0.2, -0.15) is 0 Å². The first kappa shape index (κ1) is 9.77. The molecule has 72 valence electrons. The SMILES string of the molecule is C=CCN1CC(=O)N(C(C)C)C1=O. The minimum atomic E-state index is -0.208. The largest absolute Gasteiger partial charge is 0.327 e. The standard InChI is InChI=1S/C9H14N2O2/c1-4-5-10-6-8(12)11(7(2)3)9(10)13/h4,7H,1,5-6H2,2-3H3. The lowest BCUT2D eigenvalue weighted by Crippen LogP contribution is -2.38. The second-order valence-electron chi connectivity index (χ2n) is 3.31. The molecule has 1 fully saturated rings. The Kier molecular flexibility index (Phi) is 2.70. The monoisotopic (exact) mass is 182 g/mol. The number of hydrogen-bond donors (Lipinski definition) is 0. The molecule has 0 bridgehead atoms. The van der Waals surface area contributed by atoms with E-state index in [1.54, 1.807) is 6.08 Å². The first-order valence-electron chi connectivity index (χ1n) is 4.29. The average Bonchev–Trinajstić information content (AvgIpc) is 2.28. The van der Waals surface area contributed by atoms with Crippen LogP contribution >= 0.6 is 0 Å². The van der Waals surface area contributed by atoms with Crippen molar-refractivity contribution in [1.29, 1.82) is 0 Å². The van der Waals surface area contributed by atoms with Gasteiger partial charge in [-0.05, 0) is 13.8 Å². The zero-order valence-corrected chi connectivity index (χ0v) is 7.99. The van der Waals surface area contributed by atoms with Crippen LogP contribution in [0.2, 0.25) is 0 Å². The van der Waals surface area contributed by atoms with Gasteiger partial charge in [0.1, 0.15) is 6.54 Å². The minimum Gasteiger partial charge on any atom is -0.311 e. The van der Waals surface area contributed by atoms with E-state index in [4.69, 9.17) is 0 Å². The number of hydrogen-bond acceptors (Lipinski definition) is 2. The van der Waals surface area contributed by atoms with Gasteiger partial charge in [0.2, 0.25) is 0 Å². The third-order valence-electron chi connectivity index (χ3n) is 1.94. The fraction of sp³-hybridized carbons (Fsp3) is 0.556. The summed E-state index contributed by atoms with van der Waals surface area (Å²) in [5, 5.41) is 0. The van der Waals surface area contributed by atoms with E-state index in [1.165, 1.54) is 9.80 Å². The molecule has 1 rings (SSSR count). The van der Waals surface area contributed by atoms with Gasteiger partial charge < -0.3 is 4.90 Å². The zero-order chi connectivity index (χ0) is 10.0. The summed E-state index contributed by atoms with van der Waals surface area (Å²) < 4.78 is 0. The smallest absolute Gasteiger partial charge is 0.311 e. The Labute approximate surface area is 77.8 Å². The summed E-state index contributed by atoms with van der Waals surface area (Å²) in [6, 6.07) is -0.269. The quantitative estimate of drug-likeness (QED) is 0.479. The summed E-state index contributed by atoms with van der Waals surface area (Å²) in [6.07, 6.45) is 1.62. The van der Waals surface area contributed by atoms with Crippen molar-refractivity contribution in [2.45, 2.75) is 19.9 Å². The van der Waals surface area contributed by atoms with E-state index >= 15 is 0 Å². The Morgan fingerprint density at radius 1 is 1.54 bits per heavy atom. The number of carbonyl (C=O) groups excluding carboxylic acids is 2. The summed E-state index contributed by atoms with van der Waals surface area (Å²) in [6.45, 7) is 7.80. The Morgan fingerprint density at radius 3 is 2.54 bits per heavy atom. The maximum Gasteiger partial charge on any atom is 0.327 e. The molecule has 4 heteroatoms. The van der Waals surface area contributed by atoms with Crippen LogP contribution in [0.3, 0.4) is 0 Å². The fourth-order valence-electron chi connectivity index (χ4n) is 1.37. The molecule has 0 aliphatic carbocycles. The van der Waals surface area contributed by atoms with Crippen LogP contribution in [-0.4, -0.2) is 40.9 Å². The number of amides is 3. The molecule has 0 N–H and O–H groups in total. The van der Waals surface area contributed by atoms with Crippen molar-refractivity contribution < 1.29 is 9.59 Å². The predicted octanol–water partition coefficient (Wildman–Crippen LogP) is 0.845. The van der Waals surface area contributed by atoms with E-state index in [-0.39, 0.29) is 24.5 Å². The molecule has 1 aliphatic rings. The first-order chi connectivity index (χ1) is 6.07.